The number of Topliss-reactive ketones (excluding diaryl/α,β-unsaturated/α-hetero) is 1. The van der Waals surface area contributed by atoms with Gasteiger partial charge >= 0.3 is 0 Å². The van der Waals surface area contributed by atoms with Gasteiger partial charge in [-0.15, -0.1) is 0 Å². The second-order valence-electron chi connectivity index (χ2n) is 10.1. The first-order valence-electron chi connectivity index (χ1n) is 11.9. The van der Waals surface area contributed by atoms with Crippen LogP contribution in [0.3, 0.4) is 0 Å². The van der Waals surface area contributed by atoms with Gasteiger partial charge in [-0.05, 0) is 46.7 Å². The number of pyridine rings is 1. The first-order valence-corrected chi connectivity index (χ1v) is 11.9. The van der Waals surface area contributed by atoms with E-state index in [0.29, 0.717) is 12.5 Å². The summed E-state index contributed by atoms with van der Waals surface area (Å²) in [7, 11) is 0. The average Bonchev–Trinajstić information content (AvgIpc) is 3.49. The van der Waals surface area contributed by atoms with Crippen LogP contribution < -0.4 is 10.6 Å². The molecule has 6 heteroatoms. The minimum absolute atomic E-state index is 0.0703. The normalized spacial score (nSPS) is 16.1. The minimum Gasteiger partial charge on any atom is -0.364 e. The maximum Gasteiger partial charge on any atom is 0.167 e. The molecule has 3 heterocycles. The van der Waals surface area contributed by atoms with Crippen molar-refractivity contribution in [1.29, 1.82) is 0 Å². The van der Waals surface area contributed by atoms with Crippen LogP contribution in [0.4, 0.5) is 5.82 Å². The Hall–Kier alpha value is -3.51. The van der Waals surface area contributed by atoms with E-state index in [4.69, 9.17) is 0 Å². The molecule has 6 nitrogen and oxygen atoms in total. The van der Waals surface area contributed by atoms with Crippen LogP contribution in [0.5, 0.6) is 0 Å². The molecule has 2 aromatic heterocycles. The molecule has 34 heavy (non-hydrogen) atoms. The zero-order chi connectivity index (χ0) is 23.7. The van der Waals surface area contributed by atoms with Crippen molar-refractivity contribution in [2.24, 2.45) is 0 Å². The standard InChI is InChI=1S/C28H31N5O/c1-28(2,3)21-9-7-19(8-10-21)24(34)16-18-5-4-6-20(15-18)23-12-14-30-26-25(23)27(33-32-26)31-22-11-13-29-17-22/h4-10,12,14-15,22,29H,11,13,16-17H2,1-3H3,(H2,30,31,32,33)/t22-/m1/s1. The third-order valence-corrected chi connectivity index (χ3v) is 6.54. The van der Waals surface area contributed by atoms with Crippen LogP contribution in [0, 0.1) is 0 Å². The quantitative estimate of drug-likeness (QED) is 0.353. The fourth-order valence-electron chi connectivity index (χ4n) is 4.56. The average molecular weight is 454 g/mol. The highest BCUT2D eigenvalue weighted by Crippen LogP contribution is 2.32. The second-order valence-corrected chi connectivity index (χ2v) is 10.1. The van der Waals surface area contributed by atoms with E-state index in [1.54, 1.807) is 6.20 Å². The molecule has 0 saturated carbocycles. The van der Waals surface area contributed by atoms with Crippen molar-refractivity contribution in [3.63, 3.8) is 0 Å². The number of ketones is 1. The minimum atomic E-state index is 0.0703. The van der Waals surface area contributed by atoms with Crippen molar-refractivity contribution in [1.82, 2.24) is 20.5 Å². The van der Waals surface area contributed by atoms with Gasteiger partial charge in [0, 0.05) is 30.8 Å². The number of rotatable bonds is 6. The maximum absolute atomic E-state index is 13.0. The first kappa shape index (κ1) is 22.3. The number of hydrogen-bond acceptors (Lipinski definition) is 5. The summed E-state index contributed by atoms with van der Waals surface area (Å²) in [4.78, 5) is 17.5. The molecule has 0 unspecified atom stereocenters. The van der Waals surface area contributed by atoms with E-state index in [2.05, 4.69) is 70.9 Å². The number of H-pyrrole nitrogens is 1. The number of anilines is 1. The Kier molecular flexibility index (Phi) is 5.92. The van der Waals surface area contributed by atoms with Crippen molar-refractivity contribution in [2.75, 3.05) is 18.4 Å². The zero-order valence-electron chi connectivity index (χ0n) is 20.0. The third kappa shape index (κ3) is 4.59. The lowest BCUT2D eigenvalue weighted by Crippen LogP contribution is -2.22. The summed E-state index contributed by atoms with van der Waals surface area (Å²) >= 11 is 0. The summed E-state index contributed by atoms with van der Waals surface area (Å²) in [5.41, 5.74) is 5.89. The highest BCUT2D eigenvalue weighted by molar-refractivity contribution is 6.01. The van der Waals surface area contributed by atoms with Crippen molar-refractivity contribution in [3.05, 3.63) is 77.5 Å². The summed E-state index contributed by atoms with van der Waals surface area (Å²) < 4.78 is 0. The van der Waals surface area contributed by atoms with Gasteiger partial charge in [0.15, 0.2) is 17.2 Å². The van der Waals surface area contributed by atoms with Crippen molar-refractivity contribution >= 4 is 22.6 Å². The Morgan fingerprint density at radius 3 is 2.68 bits per heavy atom. The molecule has 5 rings (SSSR count). The Bertz CT molecular complexity index is 1310. The lowest BCUT2D eigenvalue weighted by atomic mass is 9.86. The fraction of sp³-hybridized carbons (Fsp3) is 0.321. The fourth-order valence-corrected chi connectivity index (χ4v) is 4.56. The van der Waals surface area contributed by atoms with Crippen LogP contribution in [0.15, 0.2) is 60.8 Å². The van der Waals surface area contributed by atoms with Gasteiger partial charge in [0.1, 0.15) is 0 Å². The summed E-state index contributed by atoms with van der Waals surface area (Å²) in [5, 5.41) is 15.5. The smallest absolute Gasteiger partial charge is 0.167 e. The van der Waals surface area contributed by atoms with E-state index < -0.39 is 0 Å². The molecule has 1 aliphatic rings. The van der Waals surface area contributed by atoms with E-state index in [0.717, 1.165) is 58.6 Å². The number of fused-ring (bicyclic) bond motifs is 1. The number of nitrogens with zero attached hydrogens (tertiary/aromatic N) is 2. The van der Waals surface area contributed by atoms with Crippen molar-refractivity contribution in [3.8, 4) is 11.1 Å². The van der Waals surface area contributed by atoms with Gasteiger partial charge in [-0.2, -0.15) is 5.10 Å². The van der Waals surface area contributed by atoms with Gasteiger partial charge in [-0.3, -0.25) is 9.89 Å². The predicted octanol–water partition coefficient (Wildman–Crippen LogP) is 5.12. The number of carbonyl (C=O) groups excluding carboxylic acids is 1. The predicted molar refractivity (Wildman–Crippen MR) is 137 cm³/mol. The topological polar surface area (TPSA) is 82.7 Å². The molecule has 0 spiro atoms. The number of benzene rings is 2. The molecule has 1 fully saturated rings. The monoisotopic (exact) mass is 453 g/mol. The molecule has 4 aromatic rings. The molecule has 0 bridgehead atoms. The van der Waals surface area contributed by atoms with Gasteiger partial charge in [0.2, 0.25) is 0 Å². The van der Waals surface area contributed by atoms with E-state index in [1.807, 2.05) is 30.3 Å². The summed E-state index contributed by atoms with van der Waals surface area (Å²) in [6.45, 7) is 8.48. The van der Waals surface area contributed by atoms with Crippen molar-refractivity contribution in [2.45, 2.75) is 45.1 Å². The van der Waals surface area contributed by atoms with Crippen LogP contribution in [-0.4, -0.2) is 40.1 Å². The van der Waals surface area contributed by atoms with Crippen molar-refractivity contribution < 1.29 is 4.79 Å². The summed E-state index contributed by atoms with van der Waals surface area (Å²) in [6.07, 6.45) is 3.23. The van der Waals surface area contributed by atoms with Gasteiger partial charge in [-0.25, -0.2) is 4.98 Å². The highest BCUT2D eigenvalue weighted by atomic mass is 16.1. The molecule has 2 aromatic carbocycles. The molecule has 0 amide bonds. The number of nitrogens with one attached hydrogen (secondary N) is 3. The molecule has 1 atom stereocenters. The van der Waals surface area contributed by atoms with Crippen LogP contribution in [-0.2, 0) is 11.8 Å². The summed E-state index contributed by atoms with van der Waals surface area (Å²) in [6, 6.07) is 18.6. The van der Waals surface area contributed by atoms with Crippen LogP contribution in [0.25, 0.3) is 22.2 Å². The third-order valence-electron chi connectivity index (χ3n) is 6.54. The maximum atomic E-state index is 13.0. The molecule has 0 radical (unpaired) electrons. The molecule has 0 aliphatic carbocycles. The SMILES string of the molecule is CC(C)(C)c1ccc(C(=O)Cc2cccc(-c3ccnc4[nH]nc(N[C@@H]5CCNC5)c34)c2)cc1. The number of hydrogen-bond donors (Lipinski definition) is 3. The van der Waals surface area contributed by atoms with E-state index in [9.17, 15) is 4.79 Å². The first-order chi connectivity index (χ1) is 16.4. The van der Waals surface area contributed by atoms with Gasteiger partial charge < -0.3 is 10.6 Å². The molecule has 1 saturated heterocycles. The Morgan fingerprint density at radius 2 is 1.94 bits per heavy atom. The van der Waals surface area contributed by atoms with Gasteiger partial charge in [0.05, 0.1) is 5.39 Å². The Morgan fingerprint density at radius 1 is 1.12 bits per heavy atom. The summed E-state index contributed by atoms with van der Waals surface area (Å²) in [5.74, 6) is 0.948. The van der Waals surface area contributed by atoms with Gasteiger partial charge in [0.25, 0.3) is 0 Å². The van der Waals surface area contributed by atoms with E-state index in [-0.39, 0.29) is 11.2 Å². The number of aromatic amines is 1. The van der Waals surface area contributed by atoms with Gasteiger partial charge in [-0.1, -0.05) is 69.3 Å². The molecular weight excluding hydrogens is 422 g/mol. The lowest BCUT2D eigenvalue weighted by Gasteiger charge is -2.19. The van der Waals surface area contributed by atoms with Crippen LogP contribution in [0.2, 0.25) is 0 Å². The van der Waals surface area contributed by atoms with Crippen LogP contribution in [0.1, 0.15) is 48.7 Å². The van der Waals surface area contributed by atoms with E-state index in [1.165, 1.54) is 5.56 Å². The largest absolute Gasteiger partial charge is 0.364 e. The zero-order valence-corrected chi connectivity index (χ0v) is 20.0. The Balaban J connectivity index is 1.41. The second kappa shape index (κ2) is 9.03. The van der Waals surface area contributed by atoms with E-state index >= 15 is 0 Å². The molecule has 3 N–H and O–H groups in total. The molecule has 174 valence electrons. The Labute approximate surface area is 200 Å². The highest BCUT2D eigenvalue weighted by Gasteiger charge is 2.19. The lowest BCUT2D eigenvalue weighted by molar-refractivity contribution is 0.0993. The molecule has 1 aliphatic heterocycles. The number of carbonyl (C=O) groups is 1. The number of aromatic nitrogens is 3. The van der Waals surface area contributed by atoms with Crippen LogP contribution >= 0.6 is 0 Å². The molecular formula is C28H31N5O.